The van der Waals surface area contributed by atoms with E-state index in [2.05, 4.69) is 0 Å². The number of aromatic carboxylic acids is 6. The number of hydrogen-bond acceptors (Lipinski definition) is 9. The standard InChI is InChI=1S/C54H51N3O12/c1-7-26-27(8-2)37-35(42(51(62)63)47(56)43(37)52(64)65)18-17-32(26)24-19-23(22-13-15-33-34(16-14-22)41(50(60)61)46(55)40(33)49(58)59)20-25(21-24)36-28(9-3)30(11-5)38-39(31(12-6)29(36)10-4)45(54(68)69)48(57)44(38)53(66)67/h13-21H,7-12,55-57H2,1-6H3,(H,58,59)(H,60,61)(H,62,63)(H,64,65)(H,66,67)(H,68,69). The van der Waals surface area contributed by atoms with Crippen molar-refractivity contribution < 1.29 is 59.4 Å². The van der Waals surface area contributed by atoms with Crippen LogP contribution in [0.25, 0.3) is 66.8 Å². The van der Waals surface area contributed by atoms with Crippen molar-refractivity contribution in [2.45, 2.75) is 80.1 Å². The summed E-state index contributed by atoms with van der Waals surface area (Å²) in [6.07, 6.45) is 1.95. The fourth-order valence-electron chi connectivity index (χ4n) is 10.8. The molecule has 1 aromatic carbocycles. The predicted molar refractivity (Wildman–Crippen MR) is 264 cm³/mol. The second-order valence-corrected chi connectivity index (χ2v) is 16.7. The minimum atomic E-state index is -1.41. The quantitative estimate of drug-likeness (QED) is 0.0462. The maximum absolute atomic E-state index is 13.1. The van der Waals surface area contributed by atoms with Crippen LogP contribution < -0.4 is 17.2 Å². The van der Waals surface area contributed by atoms with Gasteiger partial charge < -0.3 is 47.8 Å². The Morgan fingerprint density at radius 3 is 1.01 bits per heavy atom. The SMILES string of the molecule is CCc1c(-c2cc(-c3ccc4c(C(=O)O)c(N)c(C(=O)O)c-4cc3)cc(-c3c(CC)c(CC)c4c(C(=O)O)c(N)c(C(=O)O)c-4c(CC)c3CC)c2)ccc2c(C(=O)O)c(N)c(C(=O)O)c-2c1CC. The highest BCUT2D eigenvalue weighted by atomic mass is 16.4. The number of rotatable bonds is 15. The smallest absolute Gasteiger partial charge is 0.338 e. The zero-order valence-corrected chi connectivity index (χ0v) is 38.8. The Balaban J connectivity index is 1.74. The largest absolute Gasteiger partial charge is 0.478 e. The average molecular weight is 934 g/mol. The number of fused-ring (bicyclic) bond motifs is 3. The van der Waals surface area contributed by atoms with E-state index in [9.17, 15) is 59.4 Å². The molecule has 0 bridgehead atoms. The lowest BCUT2D eigenvalue weighted by molar-refractivity contribution is 0.0682. The summed E-state index contributed by atoms with van der Waals surface area (Å²) in [6.45, 7) is 11.3. The van der Waals surface area contributed by atoms with Crippen LogP contribution in [-0.2, 0) is 38.5 Å². The van der Waals surface area contributed by atoms with Crippen molar-refractivity contribution in [3.05, 3.63) is 121 Å². The summed E-state index contributed by atoms with van der Waals surface area (Å²) in [4.78, 5) is 76.8. The third-order valence-electron chi connectivity index (χ3n) is 13.5. The first-order valence-electron chi connectivity index (χ1n) is 22.5. The summed E-state index contributed by atoms with van der Waals surface area (Å²) in [5.41, 5.74) is 24.4. The fraction of sp³-hybridized carbons (Fsp3) is 0.222. The summed E-state index contributed by atoms with van der Waals surface area (Å²) in [7, 11) is 0. The molecule has 69 heavy (non-hydrogen) atoms. The van der Waals surface area contributed by atoms with E-state index in [1.54, 1.807) is 24.3 Å². The molecule has 12 N–H and O–H groups in total. The lowest BCUT2D eigenvalue weighted by Crippen LogP contribution is -2.05. The molecule has 0 atom stereocenters. The number of nitrogen functional groups attached to an aromatic ring is 3. The molecule has 15 heteroatoms. The normalized spacial score (nSPS) is 11.4. The van der Waals surface area contributed by atoms with Crippen LogP contribution in [0.1, 0.15) is 137 Å². The first kappa shape index (κ1) is 48.5. The van der Waals surface area contributed by atoms with Gasteiger partial charge in [-0.25, -0.2) is 28.8 Å². The Hall–Kier alpha value is -8.46. The molecular formula is C54H51N3O12. The molecule has 0 aliphatic heterocycles. The van der Waals surface area contributed by atoms with Crippen molar-refractivity contribution in [1.29, 1.82) is 0 Å². The van der Waals surface area contributed by atoms with Gasteiger partial charge in [0.15, 0.2) is 0 Å². The van der Waals surface area contributed by atoms with Gasteiger partial charge in [-0.1, -0.05) is 77.9 Å². The Labute approximate surface area is 396 Å². The van der Waals surface area contributed by atoms with Gasteiger partial charge in [0.1, 0.15) is 0 Å². The van der Waals surface area contributed by atoms with E-state index in [1.807, 2.05) is 59.7 Å². The molecule has 7 rings (SSSR count). The van der Waals surface area contributed by atoms with Crippen LogP contribution in [0.2, 0.25) is 0 Å². The fourth-order valence-corrected chi connectivity index (χ4v) is 10.8. The van der Waals surface area contributed by atoms with E-state index in [-0.39, 0.29) is 90.2 Å². The van der Waals surface area contributed by atoms with E-state index in [4.69, 9.17) is 17.2 Å². The Morgan fingerprint density at radius 2 is 0.609 bits per heavy atom. The van der Waals surface area contributed by atoms with E-state index in [0.717, 1.165) is 11.1 Å². The molecule has 0 unspecified atom stereocenters. The number of carboxylic acids is 6. The molecule has 0 amide bonds. The maximum atomic E-state index is 13.1. The summed E-state index contributed by atoms with van der Waals surface area (Å²) in [6, 6.07) is 15.3. The molecule has 0 radical (unpaired) electrons. The second-order valence-electron chi connectivity index (χ2n) is 16.7. The van der Waals surface area contributed by atoms with Crippen LogP contribution in [0, 0.1) is 0 Å². The van der Waals surface area contributed by atoms with Crippen LogP contribution in [0.3, 0.4) is 0 Å². The van der Waals surface area contributed by atoms with Gasteiger partial charge in [-0.3, -0.25) is 0 Å². The van der Waals surface area contributed by atoms with E-state index < -0.39 is 35.8 Å². The molecule has 0 saturated heterocycles. The highest BCUT2D eigenvalue weighted by Crippen LogP contribution is 2.50. The first-order valence-corrected chi connectivity index (χ1v) is 22.5. The van der Waals surface area contributed by atoms with Gasteiger partial charge in [-0.2, -0.15) is 0 Å². The summed E-state index contributed by atoms with van der Waals surface area (Å²) < 4.78 is 0. The van der Waals surface area contributed by atoms with Gasteiger partial charge in [0.2, 0.25) is 0 Å². The molecule has 15 nitrogen and oxygen atoms in total. The third-order valence-corrected chi connectivity index (χ3v) is 13.5. The van der Waals surface area contributed by atoms with Gasteiger partial charge in [0.25, 0.3) is 0 Å². The molecule has 0 saturated carbocycles. The zero-order valence-electron chi connectivity index (χ0n) is 38.8. The number of hydrogen-bond donors (Lipinski definition) is 9. The van der Waals surface area contributed by atoms with E-state index in [0.29, 0.717) is 87.7 Å². The van der Waals surface area contributed by atoms with Crippen molar-refractivity contribution in [2.24, 2.45) is 0 Å². The van der Waals surface area contributed by atoms with Crippen molar-refractivity contribution in [1.82, 2.24) is 0 Å². The summed E-state index contributed by atoms with van der Waals surface area (Å²) in [5.74, 6) is -8.36. The van der Waals surface area contributed by atoms with E-state index >= 15 is 0 Å². The van der Waals surface area contributed by atoms with Crippen LogP contribution in [-0.4, -0.2) is 66.5 Å². The molecule has 0 spiro atoms. The molecule has 354 valence electrons. The average Bonchev–Trinajstić information content (AvgIpc) is 3.70. The molecule has 0 aromatic heterocycles. The lowest BCUT2D eigenvalue weighted by Gasteiger charge is -2.19. The topological polar surface area (TPSA) is 302 Å². The second kappa shape index (κ2) is 18.3. The first-order chi connectivity index (χ1) is 32.8. The minimum Gasteiger partial charge on any atom is -0.478 e. The van der Waals surface area contributed by atoms with Crippen molar-refractivity contribution in [3.8, 4) is 66.8 Å². The Bertz CT molecular complexity index is 3170. The van der Waals surface area contributed by atoms with Gasteiger partial charge in [-0.15, -0.1) is 0 Å². The van der Waals surface area contributed by atoms with Crippen molar-refractivity contribution >= 4 is 52.9 Å². The van der Waals surface area contributed by atoms with E-state index in [1.165, 1.54) is 12.1 Å². The van der Waals surface area contributed by atoms with Gasteiger partial charge in [-0.05, 0) is 140 Å². The highest BCUT2D eigenvalue weighted by molar-refractivity contribution is 6.18. The lowest BCUT2D eigenvalue weighted by atomic mass is 9.85. The molecule has 0 heterocycles. The van der Waals surface area contributed by atoms with Gasteiger partial charge in [0.05, 0.1) is 50.4 Å². The third kappa shape index (κ3) is 7.46. The monoisotopic (exact) mass is 933 g/mol. The number of carbonyl (C=O) groups is 6. The number of carboxylic acid groups (broad SMARTS) is 6. The summed E-state index contributed by atoms with van der Waals surface area (Å²) >= 11 is 0. The maximum Gasteiger partial charge on any atom is 0.338 e. The van der Waals surface area contributed by atoms with Crippen LogP contribution in [0.4, 0.5) is 17.1 Å². The van der Waals surface area contributed by atoms with Crippen LogP contribution in [0.15, 0.2) is 54.6 Å². The number of anilines is 3. The molecule has 6 aliphatic rings. The Morgan fingerprint density at radius 1 is 0.319 bits per heavy atom. The van der Waals surface area contributed by atoms with Gasteiger partial charge >= 0.3 is 35.8 Å². The molecular weight excluding hydrogens is 883 g/mol. The number of nitrogens with two attached hydrogens (primary N) is 3. The minimum absolute atomic E-state index is 0.0934. The van der Waals surface area contributed by atoms with Crippen molar-refractivity contribution in [3.63, 3.8) is 0 Å². The molecule has 6 aliphatic carbocycles. The zero-order chi connectivity index (χ0) is 50.7. The van der Waals surface area contributed by atoms with Crippen LogP contribution >= 0.6 is 0 Å². The van der Waals surface area contributed by atoms with Gasteiger partial charge in [0, 0.05) is 16.7 Å². The number of benzene rings is 1. The van der Waals surface area contributed by atoms with Crippen LogP contribution in [0.5, 0.6) is 0 Å². The highest BCUT2D eigenvalue weighted by Gasteiger charge is 2.37. The molecule has 0 fully saturated rings. The summed E-state index contributed by atoms with van der Waals surface area (Å²) in [5, 5.41) is 62.6. The van der Waals surface area contributed by atoms with Crippen molar-refractivity contribution in [2.75, 3.05) is 17.2 Å². The molecule has 1 aromatic rings. The predicted octanol–water partition coefficient (Wildman–Crippen LogP) is 10.3. The Kier molecular flexibility index (Phi) is 12.9.